The van der Waals surface area contributed by atoms with Crippen LogP contribution < -0.4 is 4.72 Å². The van der Waals surface area contributed by atoms with E-state index in [0.29, 0.717) is 10.7 Å². The Hall–Kier alpha value is -0.820. The Bertz CT molecular complexity index is 811. The molecule has 2 rings (SSSR count). The maximum absolute atomic E-state index is 12.5. The number of benzene rings is 1. The first-order valence-corrected chi connectivity index (χ1v) is 11.0. The molecule has 2 aromatic rings. The highest BCUT2D eigenvalue weighted by Gasteiger charge is 2.20. The maximum Gasteiger partial charge on any atom is 0.220 e. The fourth-order valence-electron chi connectivity index (χ4n) is 2.01. The van der Waals surface area contributed by atoms with Gasteiger partial charge in [-0.3, -0.25) is 8.77 Å². The van der Waals surface area contributed by atoms with Gasteiger partial charge in [-0.15, -0.1) is 0 Å². The molecule has 22 heavy (non-hydrogen) atoms. The van der Waals surface area contributed by atoms with Crippen molar-refractivity contribution in [1.29, 1.82) is 5.26 Å². The van der Waals surface area contributed by atoms with Crippen LogP contribution in [0, 0.1) is 11.3 Å². The summed E-state index contributed by atoms with van der Waals surface area (Å²) in [5.74, 6) is -0.291. The Morgan fingerprint density at radius 3 is 2.77 bits per heavy atom. The number of Topliss-reactive ketones (excluding diaryl/α,β-unsaturated/α-hetero) is 1. The van der Waals surface area contributed by atoms with Crippen LogP contribution in [-0.2, 0) is 0 Å². The lowest BCUT2D eigenvalue weighted by atomic mass is 10.1. The summed E-state index contributed by atoms with van der Waals surface area (Å²) < 4.78 is 4.89. The van der Waals surface area contributed by atoms with Crippen molar-refractivity contribution in [3.05, 3.63) is 40.6 Å². The fraction of sp³-hybridized carbons (Fsp3) is 0.143. The minimum absolute atomic E-state index is 0.128. The zero-order valence-corrected chi connectivity index (χ0v) is 16.2. The Kier molecular flexibility index (Phi) is 6.09. The van der Waals surface area contributed by atoms with Crippen LogP contribution in [0.25, 0.3) is 10.9 Å². The Balaban J connectivity index is 2.67. The molecule has 0 saturated carbocycles. The zero-order chi connectivity index (χ0) is 16.3. The smallest absolute Gasteiger partial charge is 0.220 e. The maximum atomic E-state index is 12.5. The molecule has 1 aromatic heterocycles. The molecule has 0 spiro atoms. The summed E-state index contributed by atoms with van der Waals surface area (Å²) in [4.78, 5) is 12.5. The quantitative estimate of drug-likeness (QED) is 0.209. The third kappa shape index (κ3) is 3.25. The molecule has 1 N–H and O–H groups in total. The van der Waals surface area contributed by atoms with Gasteiger partial charge in [-0.25, -0.2) is 0 Å². The van der Waals surface area contributed by atoms with Gasteiger partial charge in [0, 0.05) is 42.0 Å². The lowest BCUT2D eigenvalue weighted by Crippen LogP contribution is -2.05. The van der Waals surface area contributed by atoms with Gasteiger partial charge in [0.15, 0.2) is 0 Å². The lowest BCUT2D eigenvalue weighted by molar-refractivity contribution is 0.103. The van der Waals surface area contributed by atoms with Crippen molar-refractivity contribution in [3.63, 3.8) is 0 Å². The van der Waals surface area contributed by atoms with Gasteiger partial charge >= 0.3 is 0 Å². The molecule has 0 fully saturated rings. The van der Waals surface area contributed by atoms with E-state index in [2.05, 4.69) is 25.9 Å². The number of fused-ring (bicyclic) bond motifs is 1. The van der Waals surface area contributed by atoms with Crippen molar-refractivity contribution in [3.8, 4) is 6.07 Å². The highest BCUT2D eigenvalue weighted by molar-refractivity contribution is 14.2. The summed E-state index contributed by atoms with van der Waals surface area (Å²) in [6.45, 7) is 1.68. The number of carbonyl (C=O) groups is 1. The number of anilines is 1. The average Bonchev–Trinajstić information content (AvgIpc) is 2.86. The van der Waals surface area contributed by atoms with Gasteiger partial charge in [0.25, 0.3) is 0 Å². The predicted molar refractivity (Wildman–Crippen MR) is 105 cm³/mol. The monoisotopic (exact) mass is 463 g/mol. The molecule has 0 aliphatic carbocycles. The van der Waals surface area contributed by atoms with E-state index in [4.69, 9.17) is 16.9 Å². The molecule has 8 heteroatoms. The van der Waals surface area contributed by atoms with Crippen LogP contribution >= 0.6 is 53.9 Å². The van der Waals surface area contributed by atoms with Gasteiger partial charge in [-0.2, -0.15) is 5.26 Å². The van der Waals surface area contributed by atoms with E-state index < -0.39 is 0 Å². The second kappa shape index (κ2) is 7.64. The molecule has 1 heterocycles. The van der Waals surface area contributed by atoms with Gasteiger partial charge < -0.3 is 4.72 Å². The molecule has 114 valence electrons. The van der Waals surface area contributed by atoms with Gasteiger partial charge in [-0.05, 0) is 25.1 Å². The van der Waals surface area contributed by atoms with Crippen molar-refractivity contribution in [2.45, 2.75) is 6.92 Å². The normalized spacial score (nSPS) is 11.5. The third-order valence-electron chi connectivity index (χ3n) is 3.01. The molecule has 0 radical (unpaired) electrons. The third-order valence-corrected chi connectivity index (χ3v) is 5.46. The van der Waals surface area contributed by atoms with Gasteiger partial charge in [0.1, 0.15) is 11.8 Å². The van der Waals surface area contributed by atoms with E-state index >= 15 is 0 Å². The zero-order valence-electron chi connectivity index (χ0n) is 11.7. The lowest BCUT2D eigenvalue weighted by Gasteiger charge is -2.07. The first-order chi connectivity index (χ1) is 10.6. The SMILES string of the molecule is C/C=C(\C#N)C(=O)c1cc2cc(NSC)c(Cl)cc2n1SI. The predicted octanol–water partition coefficient (Wildman–Crippen LogP) is 5.48. The molecule has 0 aliphatic heterocycles. The molecule has 0 saturated heterocycles. The van der Waals surface area contributed by atoms with Crippen molar-refractivity contribution < 1.29 is 4.79 Å². The largest absolute Gasteiger partial charge is 0.329 e. The number of ketones is 1. The van der Waals surface area contributed by atoms with Crippen LogP contribution in [0.1, 0.15) is 17.4 Å². The van der Waals surface area contributed by atoms with Gasteiger partial charge in [-0.1, -0.05) is 29.6 Å². The molecular weight excluding hydrogens is 453 g/mol. The summed E-state index contributed by atoms with van der Waals surface area (Å²) in [6, 6.07) is 7.44. The van der Waals surface area contributed by atoms with E-state index in [-0.39, 0.29) is 11.4 Å². The summed E-state index contributed by atoms with van der Waals surface area (Å²) in [5, 5.41) is 10.5. The summed E-state index contributed by atoms with van der Waals surface area (Å²) in [6.07, 6.45) is 3.43. The van der Waals surface area contributed by atoms with Crippen LogP contribution in [-0.4, -0.2) is 16.0 Å². The van der Waals surface area contributed by atoms with Crippen LogP contribution in [0.3, 0.4) is 0 Å². The highest BCUT2D eigenvalue weighted by atomic mass is 127. The van der Waals surface area contributed by atoms with Crippen molar-refractivity contribution in [1.82, 2.24) is 3.97 Å². The number of hydrogen-bond donors (Lipinski definition) is 1. The Labute approximate surface area is 154 Å². The second-order valence-electron chi connectivity index (χ2n) is 4.23. The number of halogens is 2. The number of rotatable bonds is 5. The molecule has 0 atom stereocenters. The molecular formula is C14H11ClIN3OS2. The summed E-state index contributed by atoms with van der Waals surface area (Å²) in [7, 11) is 1.37. The van der Waals surface area contributed by atoms with Crippen molar-refractivity contribution in [2.24, 2.45) is 0 Å². The summed E-state index contributed by atoms with van der Waals surface area (Å²) >= 11 is 9.82. The van der Waals surface area contributed by atoms with Crippen molar-refractivity contribution in [2.75, 3.05) is 11.0 Å². The minimum atomic E-state index is -0.291. The Morgan fingerprint density at radius 2 is 2.23 bits per heavy atom. The molecule has 1 aromatic carbocycles. The van der Waals surface area contributed by atoms with Gasteiger partial charge in [0.05, 0.1) is 21.8 Å². The number of aromatic nitrogens is 1. The molecule has 4 nitrogen and oxygen atoms in total. The molecule has 0 unspecified atom stereocenters. The molecule has 0 aliphatic rings. The number of carbonyl (C=O) groups excluding carboxylic acids is 1. The van der Waals surface area contributed by atoms with Crippen molar-refractivity contribution >= 4 is 76.2 Å². The molecule has 0 amide bonds. The molecule has 0 bridgehead atoms. The minimum Gasteiger partial charge on any atom is -0.329 e. The first-order valence-electron chi connectivity index (χ1n) is 6.11. The van der Waals surface area contributed by atoms with E-state index in [1.807, 2.05) is 24.5 Å². The van der Waals surface area contributed by atoms with E-state index in [0.717, 1.165) is 16.6 Å². The summed E-state index contributed by atoms with van der Waals surface area (Å²) in [5.41, 5.74) is 2.22. The standard InChI is InChI=1S/C14H11ClIN3OS2/c1-3-8(7-17)14(20)13-5-9-4-11(18-21-2)10(15)6-12(9)19(13)22-16/h3-6,18H,1-2H3/b8-3+. The van der Waals surface area contributed by atoms with E-state index in [1.54, 1.807) is 17.0 Å². The number of hydrogen-bond acceptors (Lipinski definition) is 5. The van der Waals surface area contributed by atoms with Crippen LogP contribution in [0.2, 0.25) is 5.02 Å². The van der Waals surface area contributed by atoms with E-state index in [9.17, 15) is 4.79 Å². The van der Waals surface area contributed by atoms with Crippen LogP contribution in [0.4, 0.5) is 5.69 Å². The average molecular weight is 464 g/mol. The van der Waals surface area contributed by atoms with Gasteiger partial charge in [0.2, 0.25) is 5.78 Å². The second-order valence-corrected chi connectivity index (χ2v) is 6.94. The number of nitrogens with one attached hydrogen (secondary N) is 1. The number of allylic oxidation sites excluding steroid dienone is 2. The van der Waals surface area contributed by atoms with E-state index in [1.165, 1.54) is 27.1 Å². The number of nitriles is 1. The van der Waals surface area contributed by atoms with Crippen LogP contribution in [0.5, 0.6) is 0 Å². The Morgan fingerprint density at radius 1 is 1.50 bits per heavy atom. The topological polar surface area (TPSA) is 57.8 Å². The van der Waals surface area contributed by atoms with Crippen LogP contribution in [0.15, 0.2) is 29.8 Å². The number of nitrogens with zero attached hydrogens (tertiary/aromatic N) is 2. The first kappa shape index (κ1) is 17.5. The fourth-order valence-corrected chi connectivity index (χ4v) is 4.38. The highest BCUT2D eigenvalue weighted by Crippen LogP contribution is 2.35.